The predicted octanol–water partition coefficient (Wildman–Crippen LogP) is 1.77. The van der Waals surface area contributed by atoms with Crippen LogP contribution in [-0.4, -0.2) is 27.5 Å². The predicted molar refractivity (Wildman–Crippen MR) is 71.8 cm³/mol. The number of hydrogen-bond donors (Lipinski definition) is 2. The molecule has 1 fully saturated rings. The Morgan fingerprint density at radius 2 is 1.70 bits per heavy atom. The number of halogens is 2. The largest absolute Gasteiger partial charge is 0.317 e. The van der Waals surface area contributed by atoms with Crippen LogP contribution in [0.25, 0.3) is 0 Å². The molecule has 0 spiro atoms. The fraction of sp³-hybridized carbons (Fsp3) is 0.538. The Hall–Kier alpha value is -1.05. The molecular weight excluding hydrogens is 286 g/mol. The molecule has 0 atom stereocenters. The molecule has 0 bridgehead atoms. The molecule has 0 aromatic heterocycles. The van der Waals surface area contributed by atoms with Gasteiger partial charge in [-0.1, -0.05) is 0 Å². The monoisotopic (exact) mass is 304 g/mol. The van der Waals surface area contributed by atoms with E-state index in [0.29, 0.717) is 24.9 Å². The van der Waals surface area contributed by atoms with E-state index >= 15 is 0 Å². The fourth-order valence-electron chi connectivity index (χ4n) is 2.48. The standard InChI is InChI=1S/C13H18F2N2O2S/c1-16-10-3-5-11(6-4-10)17-20(18,19)13-7-2-9(14)8-12(13)15/h2,7-8,10-11,16-17H,3-6H2,1H3. The Kier molecular flexibility index (Phi) is 4.72. The smallest absolute Gasteiger partial charge is 0.243 e. The van der Waals surface area contributed by atoms with Crippen LogP contribution in [0.4, 0.5) is 8.78 Å². The van der Waals surface area contributed by atoms with Crippen molar-refractivity contribution in [2.45, 2.75) is 42.7 Å². The zero-order valence-electron chi connectivity index (χ0n) is 11.2. The molecule has 1 aliphatic carbocycles. The van der Waals surface area contributed by atoms with Gasteiger partial charge in [-0.05, 0) is 44.9 Å². The molecule has 2 rings (SSSR count). The van der Waals surface area contributed by atoms with Crippen LogP contribution in [0.2, 0.25) is 0 Å². The van der Waals surface area contributed by atoms with E-state index in [9.17, 15) is 17.2 Å². The number of nitrogens with one attached hydrogen (secondary N) is 2. The minimum Gasteiger partial charge on any atom is -0.317 e. The highest BCUT2D eigenvalue weighted by Gasteiger charge is 2.26. The Morgan fingerprint density at radius 3 is 2.25 bits per heavy atom. The van der Waals surface area contributed by atoms with E-state index < -0.39 is 26.6 Å². The minimum atomic E-state index is -3.94. The quantitative estimate of drug-likeness (QED) is 0.891. The van der Waals surface area contributed by atoms with Gasteiger partial charge in [0.25, 0.3) is 0 Å². The topological polar surface area (TPSA) is 58.2 Å². The lowest BCUT2D eigenvalue weighted by Crippen LogP contribution is -2.41. The van der Waals surface area contributed by atoms with E-state index in [1.165, 1.54) is 0 Å². The first-order valence-electron chi connectivity index (χ1n) is 6.57. The molecule has 0 heterocycles. The number of sulfonamides is 1. The summed E-state index contributed by atoms with van der Waals surface area (Å²) in [4.78, 5) is -0.505. The van der Waals surface area contributed by atoms with Gasteiger partial charge in [-0.25, -0.2) is 21.9 Å². The third-order valence-corrected chi connectivity index (χ3v) is 5.19. The second-order valence-electron chi connectivity index (χ2n) is 5.03. The molecule has 1 saturated carbocycles. The van der Waals surface area contributed by atoms with Gasteiger partial charge in [-0.2, -0.15) is 0 Å². The summed E-state index contributed by atoms with van der Waals surface area (Å²) in [5.41, 5.74) is 0. The lowest BCUT2D eigenvalue weighted by molar-refractivity contribution is 0.342. The van der Waals surface area contributed by atoms with Gasteiger partial charge in [-0.15, -0.1) is 0 Å². The van der Waals surface area contributed by atoms with Crippen LogP contribution in [0.1, 0.15) is 25.7 Å². The molecule has 1 aliphatic rings. The molecule has 0 aliphatic heterocycles. The van der Waals surface area contributed by atoms with Crippen molar-refractivity contribution in [1.29, 1.82) is 0 Å². The third kappa shape index (κ3) is 3.53. The highest BCUT2D eigenvalue weighted by molar-refractivity contribution is 7.89. The van der Waals surface area contributed by atoms with Crippen molar-refractivity contribution < 1.29 is 17.2 Å². The minimum absolute atomic E-state index is 0.200. The van der Waals surface area contributed by atoms with Crippen molar-refractivity contribution in [2.75, 3.05) is 7.05 Å². The average molecular weight is 304 g/mol. The molecule has 4 nitrogen and oxygen atoms in total. The molecule has 0 amide bonds. The van der Waals surface area contributed by atoms with Gasteiger partial charge in [0.15, 0.2) is 0 Å². The molecular formula is C13H18F2N2O2S. The second kappa shape index (κ2) is 6.15. The Balaban J connectivity index is 2.08. The van der Waals surface area contributed by atoms with E-state index in [4.69, 9.17) is 0 Å². The molecule has 0 radical (unpaired) electrons. The van der Waals surface area contributed by atoms with Crippen molar-refractivity contribution in [3.05, 3.63) is 29.8 Å². The van der Waals surface area contributed by atoms with E-state index in [-0.39, 0.29) is 6.04 Å². The maximum atomic E-state index is 13.5. The molecule has 7 heteroatoms. The zero-order valence-corrected chi connectivity index (χ0v) is 12.0. The maximum Gasteiger partial charge on any atom is 0.243 e. The van der Waals surface area contributed by atoms with Crippen LogP contribution in [0, 0.1) is 11.6 Å². The van der Waals surface area contributed by atoms with Crippen molar-refractivity contribution in [3.8, 4) is 0 Å². The summed E-state index contributed by atoms with van der Waals surface area (Å²) < 4.78 is 53.0. The Labute approximate surface area is 117 Å². The number of hydrogen-bond acceptors (Lipinski definition) is 3. The van der Waals surface area contributed by atoms with Crippen molar-refractivity contribution in [2.24, 2.45) is 0 Å². The van der Waals surface area contributed by atoms with Crippen LogP contribution in [0.5, 0.6) is 0 Å². The van der Waals surface area contributed by atoms with Crippen LogP contribution >= 0.6 is 0 Å². The molecule has 1 aromatic rings. The van der Waals surface area contributed by atoms with E-state index in [1.807, 2.05) is 7.05 Å². The highest BCUT2D eigenvalue weighted by atomic mass is 32.2. The molecule has 0 saturated heterocycles. The Bertz CT molecular complexity index is 570. The van der Waals surface area contributed by atoms with Gasteiger partial charge in [0.1, 0.15) is 16.5 Å². The summed E-state index contributed by atoms with van der Waals surface area (Å²) in [6, 6.07) is 2.67. The highest BCUT2D eigenvalue weighted by Crippen LogP contribution is 2.22. The summed E-state index contributed by atoms with van der Waals surface area (Å²) in [6.07, 6.45) is 3.15. The Morgan fingerprint density at radius 1 is 1.10 bits per heavy atom. The van der Waals surface area contributed by atoms with Gasteiger partial charge in [0, 0.05) is 18.2 Å². The maximum absolute atomic E-state index is 13.5. The lowest BCUT2D eigenvalue weighted by atomic mass is 9.92. The van der Waals surface area contributed by atoms with Crippen molar-refractivity contribution >= 4 is 10.0 Å². The summed E-state index contributed by atoms with van der Waals surface area (Å²) in [5.74, 6) is -1.86. The number of rotatable bonds is 4. The number of benzene rings is 1. The normalized spacial score (nSPS) is 23.8. The third-order valence-electron chi connectivity index (χ3n) is 3.64. The van der Waals surface area contributed by atoms with Gasteiger partial charge >= 0.3 is 0 Å². The lowest BCUT2D eigenvalue weighted by Gasteiger charge is -2.28. The van der Waals surface area contributed by atoms with Crippen molar-refractivity contribution in [1.82, 2.24) is 10.0 Å². The molecule has 1 aromatic carbocycles. The van der Waals surface area contributed by atoms with E-state index in [0.717, 1.165) is 25.0 Å². The zero-order chi connectivity index (χ0) is 14.8. The summed E-state index contributed by atoms with van der Waals surface area (Å²) >= 11 is 0. The van der Waals surface area contributed by atoms with Gasteiger partial charge in [0.05, 0.1) is 0 Å². The first-order valence-corrected chi connectivity index (χ1v) is 8.05. The van der Waals surface area contributed by atoms with Crippen LogP contribution in [0.3, 0.4) is 0 Å². The van der Waals surface area contributed by atoms with E-state index in [2.05, 4.69) is 10.0 Å². The molecule has 112 valence electrons. The molecule has 20 heavy (non-hydrogen) atoms. The second-order valence-corrected chi connectivity index (χ2v) is 6.72. The molecule has 2 N–H and O–H groups in total. The summed E-state index contributed by atoms with van der Waals surface area (Å²) in [7, 11) is -2.07. The van der Waals surface area contributed by atoms with Gasteiger partial charge in [0.2, 0.25) is 10.0 Å². The van der Waals surface area contributed by atoms with Gasteiger partial charge < -0.3 is 5.32 Å². The van der Waals surface area contributed by atoms with Crippen LogP contribution < -0.4 is 10.0 Å². The summed E-state index contributed by atoms with van der Waals surface area (Å²) in [5, 5.41) is 3.16. The van der Waals surface area contributed by atoms with Crippen LogP contribution in [-0.2, 0) is 10.0 Å². The van der Waals surface area contributed by atoms with Crippen LogP contribution in [0.15, 0.2) is 23.1 Å². The average Bonchev–Trinajstić information content (AvgIpc) is 2.38. The molecule has 0 unspecified atom stereocenters. The van der Waals surface area contributed by atoms with E-state index in [1.54, 1.807) is 0 Å². The van der Waals surface area contributed by atoms with Crippen molar-refractivity contribution in [3.63, 3.8) is 0 Å². The fourth-order valence-corrected chi connectivity index (χ4v) is 3.84. The first kappa shape index (κ1) is 15.3. The first-order chi connectivity index (χ1) is 9.42. The SMILES string of the molecule is CNC1CCC(NS(=O)(=O)c2ccc(F)cc2F)CC1. The summed E-state index contributed by atoms with van der Waals surface area (Å²) in [6.45, 7) is 0. The van der Waals surface area contributed by atoms with Gasteiger partial charge in [-0.3, -0.25) is 0 Å².